The Kier molecular flexibility index (Phi) is 6.77. The summed E-state index contributed by atoms with van der Waals surface area (Å²) in [6, 6.07) is 5.58. The van der Waals surface area contributed by atoms with Crippen LogP contribution in [0.25, 0.3) is 5.69 Å². The third-order valence-corrected chi connectivity index (χ3v) is 3.83. The van der Waals surface area contributed by atoms with Crippen molar-refractivity contribution in [2.45, 2.75) is 25.4 Å². The fourth-order valence-corrected chi connectivity index (χ4v) is 2.58. The number of nitrogens with one attached hydrogen (secondary N) is 2. The Labute approximate surface area is 158 Å². The molecule has 24 heavy (non-hydrogen) atoms. The molecule has 0 spiro atoms. The molecule has 0 saturated heterocycles. The van der Waals surface area contributed by atoms with E-state index in [1.807, 2.05) is 6.07 Å². The van der Waals surface area contributed by atoms with Crippen molar-refractivity contribution in [3.63, 3.8) is 0 Å². The van der Waals surface area contributed by atoms with Gasteiger partial charge in [-0.15, -0.1) is 24.0 Å². The molecule has 5 nitrogen and oxygen atoms in total. The standard InChI is InChI=1S/C17H20FN5.HI/c1-19-17(22-14-4-2-3-5-14)21-11-13-6-7-16(15(18)10-13)23-9-8-20-12-23;/h2-3,6-10,12,14H,4-5,11H2,1H3,(H2,19,21,22);1H. The van der Waals surface area contributed by atoms with Gasteiger partial charge < -0.3 is 15.2 Å². The zero-order valence-electron chi connectivity index (χ0n) is 13.4. The molecule has 2 N–H and O–H groups in total. The van der Waals surface area contributed by atoms with Crippen molar-refractivity contribution in [1.29, 1.82) is 0 Å². The Balaban J connectivity index is 0.00000208. The highest BCUT2D eigenvalue weighted by atomic mass is 127. The first-order chi connectivity index (χ1) is 11.3. The van der Waals surface area contributed by atoms with E-state index in [0.29, 0.717) is 18.3 Å². The van der Waals surface area contributed by atoms with E-state index in [1.54, 1.807) is 36.4 Å². The van der Waals surface area contributed by atoms with Crippen LogP contribution in [0.5, 0.6) is 0 Å². The molecule has 0 saturated carbocycles. The summed E-state index contributed by atoms with van der Waals surface area (Å²) in [6.07, 6.45) is 11.3. The summed E-state index contributed by atoms with van der Waals surface area (Å²) in [7, 11) is 1.74. The van der Waals surface area contributed by atoms with Crippen LogP contribution < -0.4 is 10.6 Å². The Hall–Kier alpha value is -1.90. The summed E-state index contributed by atoms with van der Waals surface area (Å²) in [4.78, 5) is 8.14. The summed E-state index contributed by atoms with van der Waals surface area (Å²) in [5.74, 6) is 0.461. The van der Waals surface area contributed by atoms with Gasteiger partial charge in [0.1, 0.15) is 5.82 Å². The van der Waals surface area contributed by atoms with E-state index in [-0.39, 0.29) is 29.8 Å². The number of nitrogens with zero attached hydrogens (tertiary/aromatic N) is 3. The molecule has 1 aromatic heterocycles. The van der Waals surface area contributed by atoms with Gasteiger partial charge in [0.2, 0.25) is 0 Å². The average molecular weight is 441 g/mol. The highest BCUT2D eigenvalue weighted by molar-refractivity contribution is 14.0. The molecule has 0 amide bonds. The Morgan fingerprint density at radius 2 is 2.17 bits per heavy atom. The first kappa shape index (κ1) is 18.4. The Morgan fingerprint density at radius 3 is 2.79 bits per heavy atom. The van der Waals surface area contributed by atoms with E-state index in [1.165, 1.54) is 6.07 Å². The first-order valence-corrected chi connectivity index (χ1v) is 7.65. The van der Waals surface area contributed by atoms with E-state index >= 15 is 0 Å². The molecule has 2 aromatic rings. The van der Waals surface area contributed by atoms with Crippen LogP contribution in [-0.4, -0.2) is 28.6 Å². The van der Waals surface area contributed by atoms with Gasteiger partial charge >= 0.3 is 0 Å². The van der Waals surface area contributed by atoms with E-state index in [4.69, 9.17) is 0 Å². The molecule has 1 aliphatic rings. The van der Waals surface area contributed by atoms with E-state index in [9.17, 15) is 4.39 Å². The number of rotatable bonds is 4. The molecule has 0 fully saturated rings. The molecule has 1 aliphatic carbocycles. The monoisotopic (exact) mass is 441 g/mol. The minimum atomic E-state index is -0.273. The lowest BCUT2D eigenvalue weighted by atomic mass is 10.2. The summed E-state index contributed by atoms with van der Waals surface area (Å²) in [5, 5.41) is 6.57. The second-order valence-electron chi connectivity index (χ2n) is 5.47. The zero-order valence-corrected chi connectivity index (χ0v) is 15.8. The SMILES string of the molecule is CN=C(NCc1ccc(-n2ccnc2)c(F)c1)NC1CC=CC1.I. The molecule has 0 aliphatic heterocycles. The van der Waals surface area contributed by atoms with Gasteiger partial charge in [0.05, 0.1) is 12.0 Å². The van der Waals surface area contributed by atoms with Crippen LogP contribution in [0.3, 0.4) is 0 Å². The summed E-state index contributed by atoms with van der Waals surface area (Å²) < 4.78 is 15.9. The van der Waals surface area contributed by atoms with Gasteiger partial charge in [-0.3, -0.25) is 4.99 Å². The van der Waals surface area contributed by atoms with Gasteiger partial charge in [-0.25, -0.2) is 9.37 Å². The number of hydrogen-bond donors (Lipinski definition) is 2. The fourth-order valence-electron chi connectivity index (χ4n) is 2.58. The van der Waals surface area contributed by atoms with E-state index < -0.39 is 0 Å². The Morgan fingerprint density at radius 1 is 1.38 bits per heavy atom. The number of aliphatic imine (C=N–C) groups is 1. The lowest BCUT2D eigenvalue weighted by Gasteiger charge is -2.17. The molecular weight excluding hydrogens is 420 g/mol. The van der Waals surface area contributed by atoms with Crippen LogP contribution >= 0.6 is 24.0 Å². The molecular formula is C17H21FIN5. The molecule has 0 unspecified atom stereocenters. The van der Waals surface area contributed by atoms with Crippen molar-refractivity contribution in [2.24, 2.45) is 4.99 Å². The van der Waals surface area contributed by atoms with Gasteiger partial charge in [0, 0.05) is 32.0 Å². The normalized spacial score (nSPS) is 14.5. The second kappa shape index (κ2) is 8.81. The smallest absolute Gasteiger partial charge is 0.191 e. The van der Waals surface area contributed by atoms with Gasteiger partial charge in [-0.1, -0.05) is 18.2 Å². The maximum absolute atomic E-state index is 14.2. The van der Waals surface area contributed by atoms with Gasteiger partial charge in [0.15, 0.2) is 5.96 Å². The van der Waals surface area contributed by atoms with E-state index in [0.717, 1.165) is 24.4 Å². The average Bonchev–Trinajstić information content (AvgIpc) is 3.25. The van der Waals surface area contributed by atoms with Crippen LogP contribution in [0, 0.1) is 5.82 Å². The van der Waals surface area contributed by atoms with Crippen molar-refractivity contribution in [2.75, 3.05) is 7.05 Å². The van der Waals surface area contributed by atoms with Crippen molar-refractivity contribution >= 4 is 29.9 Å². The number of halogens is 2. The van der Waals surface area contributed by atoms with Gasteiger partial charge in [0.25, 0.3) is 0 Å². The number of imidazole rings is 1. The quantitative estimate of drug-likeness (QED) is 0.332. The number of benzene rings is 1. The number of hydrogen-bond acceptors (Lipinski definition) is 2. The van der Waals surface area contributed by atoms with Crippen molar-refractivity contribution < 1.29 is 4.39 Å². The van der Waals surface area contributed by atoms with Crippen LogP contribution in [0.2, 0.25) is 0 Å². The number of aromatic nitrogens is 2. The largest absolute Gasteiger partial charge is 0.353 e. The summed E-state index contributed by atoms with van der Waals surface area (Å²) in [5.41, 5.74) is 1.35. The maximum atomic E-state index is 14.2. The zero-order chi connectivity index (χ0) is 16.1. The third kappa shape index (κ3) is 4.56. The van der Waals surface area contributed by atoms with Crippen LogP contribution in [0.4, 0.5) is 4.39 Å². The predicted octanol–water partition coefficient (Wildman–Crippen LogP) is 3.01. The molecule has 0 atom stereocenters. The van der Waals surface area contributed by atoms with Crippen LogP contribution in [0.1, 0.15) is 18.4 Å². The van der Waals surface area contributed by atoms with Gasteiger partial charge in [-0.2, -0.15) is 0 Å². The highest BCUT2D eigenvalue weighted by Gasteiger charge is 2.12. The molecule has 128 valence electrons. The van der Waals surface area contributed by atoms with E-state index in [2.05, 4.69) is 32.8 Å². The van der Waals surface area contributed by atoms with Crippen LogP contribution in [-0.2, 0) is 6.54 Å². The lowest BCUT2D eigenvalue weighted by molar-refractivity contribution is 0.613. The predicted molar refractivity (Wildman–Crippen MR) is 104 cm³/mol. The van der Waals surface area contributed by atoms with Gasteiger partial charge in [-0.05, 0) is 30.5 Å². The second-order valence-corrected chi connectivity index (χ2v) is 5.47. The maximum Gasteiger partial charge on any atom is 0.191 e. The minimum Gasteiger partial charge on any atom is -0.353 e. The first-order valence-electron chi connectivity index (χ1n) is 7.65. The van der Waals surface area contributed by atoms with Crippen molar-refractivity contribution in [3.8, 4) is 5.69 Å². The summed E-state index contributed by atoms with van der Waals surface area (Å²) >= 11 is 0. The molecule has 0 radical (unpaired) electrons. The van der Waals surface area contributed by atoms with Crippen molar-refractivity contribution in [1.82, 2.24) is 20.2 Å². The molecule has 7 heteroatoms. The number of guanidine groups is 1. The summed E-state index contributed by atoms with van der Waals surface area (Å²) in [6.45, 7) is 0.515. The highest BCUT2D eigenvalue weighted by Crippen LogP contribution is 2.15. The molecule has 1 aromatic carbocycles. The molecule has 1 heterocycles. The topological polar surface area (TPSA) is 54.2 Å². The molecule has 0 bridgehead atoms. The minimum absolute atomic E-state index is 0. The van der Waals surface area contributed by atoms with Crippen LogP contribution in [0.15, 0.2) is 54.1 Å². The fraction of sp³-hybridized carbons (Fsp3) is 0.294. The lowest BCUT2D eigenvalue weighted by Crippen LogP contribution is -2.42. The van der Waals surface area contributed by atoms with Crippen molar-refractivity contribution in [3.05, 3.63) is 60.5 Å². The Bertz CT molecular complexity index is 704. The third-order valence-electron chi connectivity index (χ3n) is 3.83. The molecule has 3 rings (SSSR count).